The topological polar surface area (TPSA) is 80.3 Å². The van der Waals surface area contributed by atoms with E-state index in [1.54, 1.807) is 19.1 Å². The van der Waals surface area contributed by atoms with Crippen LogP contribution in [-0.2, 0) is 4.79 Å². The second kappa shape index (κ2) is 7.86. The fourth-order valence-electron chi connectivity index (χ4n) is 2.69. The summed E-state index contributed by atoms with van der Waals surface area (Å²) in [5.41, 5.74) is 8.74. The number of aromatic nitrogens is 1. The molecule has 0 unspecified atom stereocenters. The van der Waals surface area contributed by atoms with Gasteiger partial charge in [-0.3, -0.25) is 25.4 Å². The van der Waals surface area contributed by atoms with Crippen LogP contribution in [0.25, 0.3) is 10.9 Å². The molecule has 0 saturated carbocycles. The van der Waals surface area contributed by atoms with Crippen molar-refractivity contribution in [3.05, 3.63) is 70.9 Å². The van der Waals surface area contributed by atoms with Crippen molar-refractivity contribution < 1.29 is 14.3 Å². The highest BCUT2D eigenvalue weighted by Gasteiger charge is 2.13. The van der Waals surface area contributed by atoms with Gasteiger partial charge in [-0.25, -0.2) is 0 Å². The zero-order valence-electron chi connectivity index (χ0n) is 15.5. The number of carbonyl (C=O) groups excluding carboxylic acids is 2. The van der Waals surface area contributed by atoms with E-state index in [1.807, 2.05) is 50.2 Å². The molecule has 1 heterocycles. The molecule has 27 heavy (non-hydrogen) atoms. The van der Waals surface area contributed by atoms with Crippen LogP contribution in [-0.4, -0.2) is 23.4 Å². The number of hydrazine groups is 1. The molecule has 0 radical (unpaired) electrons. The van der Waals surface area contributed by atoms with Crippen molar-refractivity contribution in [2.75, 3.05) is 6.61 Å². The van der Waals surface area contributed by atoms with Gasteiger partial charge in [0.05, 0.1) is 16.8 Å². The number of aryl methyl sites for hydroxylation is 3. The van der Waals surface area contributed by atoms with Gasteiger partial charge >= 0.3 is 0 Å². The Balaban J connectivity index is 1.60. The normalized spacial score (nSPS) is 10.5. The number of pyridine rings is 1. The summed E-state index contributed by atoms with van der Waals surface area (Å²) >= 11 is 0. The summed E-state index contributed by atoms with van der Waals surface area (Å²) < 4.78 is 5.40. The monoisotopic (exact) mass is 363 g/mol. The van der Waals surface area contributed by atoms with E-state index in [0.29, 0.717) is 17.0 Å². The molecular weight excluding hydrogens is 342 g/mol. The Morgan fingerprint density at radius 3 is 2.52 bits per heavy atom. The highest BCUT2D eigenvalue weighted by atomic mass is 16.5. The van der Waals surface area contributed by atoms with Gasteiger partial charge in [-0.2, -0.15) is 0 Å². The van der Waals surface area contributed by atoms with Gasteiger partial charge in [0.2, 0.25) is 0 Å². The van der Waals surface area contributed by atoms with Crippen molar-refractivity contribution in [3.63, 3.8) is 0 Å². The largest absolute Gasteiger partial charge is 0.484 e. The Labute approximate surface area is 157 Å². The maximum Gasteiger partial charge on any atom is 0.276 e. The Morgan fingerprint density at radius 1 is 0.963 bits per heavy atom. The van der Waals surface area contributed by atoms with Gasteiger partial charge in [0.15, 0.2) is 6.61 Å². The molecule has 2 amide bonds. The van der Waals surface area contributed by atoms with Gasteiger partial charge in [0.1, 0.15) is 5.75 Å². The molecule has 2 N–H and O–H groups in total. The maximum atomic E-state index is 12.4. The summed E-state index contributed by atoms with van der Waals surface area (Å²) in [5.74, 6) is -0.278. The van der Waals surface area contributed by atoms with Gasteiger partial charge in [0.25, 0.3) is 11.8 Å². The van der Waals surface area contributed by atoms with Crippen LogP contribution in [0.1, 0.15) is 27.2 Å². The number of nitrogens with zero attached hydrogens (tertiary/aromatic N) is 1. The van der Waals surface area contributed by atoms with E-state index in [1.165, 1.54) is 0 Å². The van der Waals surface area contributed by atoms with Crippen LogP contribution < -0.4 is 15.6 Å². The van der Waals surface area contributed by atoms with Crippen molar-refractivity contribution in [3.8, 4) is 5.75 Å². The first-order chi connectivity index (χ1) is 12.9. The smallest absolute Gasteiger partial charge is 0.276 e. The second-order valence-corrected chi connectivity index (χ2v) is 6.42. The van der Waals surface area contributed by atoms with Gasteiger partial charge in [-0.15, -0.1) is 0 Å². The minimum Gasteiger partial charge on any atom is -0.484 e. The van der Waals surface area contributed by atoms with E-state index < -0.39 is 11.8 Å². The molecule has 0 saturated heterocycles. The van der Waals surface area contributed by atoms with Crippen LogP contribution in [0.4, 0.5) is 0 Å². The number of benzene rings is 2. The molecule has 138 valence electrons. The highest BCUT2D eigenvalue weighted by molar-refractivity contribution is 5.99. The molecule has 0 atom stereocenters. The number of hydrogen-bond donors (Lipinski definition) is 2. The Kier molecular flexibility index (Phi) is 5.35. The van der Waals surface area contributed by atoms with Gasteiger partial charge in [-0.1, -0.05) is 24.3 Å². The predicted octanol–water partition coefficient (Wildman–Crippen LogP) is 3.00. The van der Waals surface area contributed by atoms with Crippen molar-refractivity contribution in [2.45, 2.75) is 20.8 Å². The average molecular weight is 363 g/mol. The van der Waals surface area contributed by atoms with Crippen LogP contribution in [0.2, 0.25) is 0 Å². The molecular formula is C21H21N3O3. The summed E-state index contributed by atoms with van der Waals surface area (Å²) in [6, 6.07) is 15.0. The highest BCUT2D eigenvalue weighted by Crippen LogP contribution is 2.18. The summed E-state index contributed by atoms with van der Waals surface area (Å²) in [7, 11) is 0. The molecule has 0 spiro atoms. The molecule has 0 fully saturated rings. The van der Waals surface area contributed by atoms with Crippen molar-refractivity contribution in [1.29, 1.82) is 0 Å². The zero-order valence-corrected chi connectivity index (χ0v) is 15.5. The standard InChI is InChI=1S/C21H21N3O3/c1-13-5-4-6-17(9-13)27-12-20(25)23-24-21(26)18-11-16-8-7-14(2)10-19(16)22-15(18)3/h4-11H,12H2,1-3H3,(H,23,25)(H,24,26). The third-order valence-electron chi connectivity index (χ3n) is 4.08. The van der Waals surface area contributed by atoms with Gasteiger partial charge in [-0.05, 0) is 56.2 Å². The SMILES string of the molecule is Cc1cccc(OCC(=O)NNC(=O)c2cc3ccc(C)cc3nc2C)c1. The first-order valence-electron chi connectivity index (χ1n) is 8.59. The van der Waals surface area contributed by atoms with E-state index in [-0.39, 0.29) is 6.61 Å². The van der Waals surface area contributed by atoms with Crippen LogP contribution in [0, 0.1) is 20.8 Å². The van der Waals surface area contributed by atoms with E-state index in [0.717, 1.165) is 22.0 Å². The Hall–Kier alpha value is -3.41. The Bertz CT molecular complexity index is 1010. The minimum absolute atomic E-state index is 0.196. The number of hydrogen-bond acceptors (Lipinski definition) is 4. The van der Waals surface area contributed by atoms with E-state index in [4.69, 9.17) is 4.74 Å². The fourth-order valence-corrected chi connectivity index (χ4v) is 2.69. The maximum absolute atomic E-state index is 12.4. The predicted molar refractivity (Wildman–Crippen MR) is 103 cm³/mol. The van der Waals surface area contributed by atoms with Crippen molar-refractivity contribution in [1.82, 2.24) is 15.8 Å². The molecule has 6 nitrogen and oxygen atoms in total. The van der Waals surface area contributed by atoms with Crippen molar-refractivity contribution in [2.24, 2.45) is 0 Å². The lowest BCUT2D eigenvalue weighted by atomic mass is 10.1. The van der Waals surface area contributed by atoms with Crippen LogP contribution in [0.3, 0.4) is 0 Å². The number of amides is 2. The third kappa shape index (κ3) is 4.61. The van der Waals surface area contributed by atoms with Gasteiger partial charge in [0, 0.05) is 5.39 Å². The summed E-state index contributed by atoms with van der Waals surface area (Å²) in [4.78, 5) is 28.8. The van der Waals surface area contributed by atoms with Crippen LogP contribution in [0.5, 0.6) is 5.75 Å². The lowest BCUT2D eigenvalue weighted by molar-refractivity contribution is -0.123. The second-order valence-electron chi connectivity index (χ2n) is 6.42. The molecule has 6 heteroatoms. The van der Waals surface area contributed by atoms with Crippen molar-refractivity contribution >= 4 is 22.7 Å². The number of fused-ring (bicyclic) bond motifs is 1. The molecule has 0 aliphatic rings. The quantitative estimate of drug-likeness (QED) is 0.699. The molecule has 0 aliphatic carbocycles. The summed E-state index contributed by atoms with van der Waals surface area (Å²) in [6.07, 6.45) is 0. The molecule has 3 aromatic rings. The molecule has 0 aliphatic heterocycles. The molecule has 1 aromatic heterocycles. The minimum atomic E-state index is -0.452. The van der Waals surface area contributed by atoms with Gasteiger partial charge < -0.3 is 4.74 Å². The lowest BCUT2D eigenvalue weighted by Crippen LogP contribution is -2.44. The van der Waals surface area contributed by atoms with Crippen LogP contribution in [0.15, 0.2) is 48.5 Å². The van der Waals surface area contributed by atoms with E-state index in [9.17, 15) is 9.59 Å². The zero-order chi connectivity index (χ0) is 19.4. The Morgan fingerprint density at radius 2 is 1.74 bits per heavy atom. The van der Waals surface area contributed by atoms with E-state index >= 15 is 0 Å². The molecule has 2 aromatic carbocycles. The first kappa shape index (κ1) is 18.4. The summed E-state index contributed by atoms with van der Waals surface area (Å²) in [6.45, 7) is 5.50. The number of ether oxygens (including phenoxy) is 1. The average Bonchev–Trinajstić information content (AvgIpc) is 2.64. The molecule has 3 rings (SSSR count). The fraction of sp³-hybridized carbons (Fsp3) is 0.190. The first-order valence-corrected chi connectivity index (χ1v) is 8.59. The number of carbonyl (C=O) groups is 2. The summed E-state index contributed by atoms with van der Waals surface area (Å²) in [5, 5.41) is 0.866. The third-order valence-corrected chi connectivity index (χ3v) is 4.08. The molecule has 0 bridgehead atoms. The number of nitrogens with one attached hydrogen (secondary N) is 2. The van der Waals surface area contributed by atoms with Crippen LogP contribution >= 0.6 is 0 Å². The lowest BCUT2D eigenvalue weighted by Gasteiger charge is -2.11. The van der Waals surface area contributed by atoms with E-state index in [2.05, 4.69) is 15.8 Å². The number of rotatable bonds is 4.